The fourth-order valence-corrected chi connectivity index (χ4v) is 6.06. The number of carbonyl (C=O) groups is 2. The number of amides is 2. The van der Waals surface area contributed by atoms with E-state index in [0.717, 1.165) is 48.1 Å². The van der Waals surface area contributed by atoms with E-state index < -0.39 is 0 Å². The maximum absolute atomic E-state index is 13.0. The van der Waals surface area contributed by atoms with Crippen LogP contribution >= 0.6 is 11.5 Å². The van der Waals surface area contributed by atoms with Crippen LogP contribution in [0.2, 0.25) is 0 Å². The zero-order valence-corrected chi connectivity index (χ0v) is 22.3. The Balaban J connectivity index is 1.26. The van der Waals surface area contributed by atoms with Gasteiger partial charge in [0.1, 0.15) is 5.78 Å². The predicted molar refractivity (Wildman–Crippen MR) is 149 cm³/mol. The van der Waals surface area contributed by atoms with Crippen LogP contribution < -0.4 is 15.1 Å². The monoisotopic (exact) mass is 518 g/mol. The second-order valence-corrected chi connectivity index (χ2v) is 10.8. The Morgan fingerprint density at radius 1 is 0.973 bits per heavy atom. The van der Waals surface area contributed by atoms with E-state index in [4.69, 9.17) is 9.36 Å². The van der Waals surface area contributed by atoms with E-state index in [-0.39, 0.29) is 11.4 Å². The van der Waals surface area contributed by atoms with Crippen molar-refractivity contribution in [2.45, 2.75) is 37.5 Å². The predicted octanol–water partition coefficient (Wildman–Crippen LogP) is 4.78. The van der Waals surface area contributed by atoms with Crippen molar-refractivity contribution in [2.24, 2.45) is 0 Å². The van der Waals surface area contributed by atoms with Gasteiger partial charge in [-0.1, -0.05) is 30.3 Å². The molecule has 9 heteroatoms. The number of rotatable bonds is 5. The summed E-state index contributed by atoms with van der Waals surface area (Å²) in [6, 6.07) is 18.2. The van der Waals surface area contributed by atoms with Crippen molar-refractivity contribution in [3.63, 3.8) is 0 Å². The lowest BCUT2D eigenvalue weighted by molar-refractivity contribution is -0.121. The fourth-order valence-electron chi connectivity index (χ4n) is 5.25. The summed E-state index contributed by atoms with van der Waals surface area (Å²) < 4.78 is 4.83. The van der Waals surface area contributed by atoms with E-state index in [1.807, 2.05) is 66.4 Å². The highest BCUT2D eigenvalue weighted by Gasteiger charge is 2.41. The highest BCUT2D eigenvalue weighted by molar-refractivity contribution is 7.09. The molecule has 2 aromatic carbocycles. The summed E-state index contributed by atoms with van der Waals surface area (Å²) in [7, 11) is 3.99. The van der Waals surface area contributed by atoms with Gasteiger partial charge in [-0.05, 0) is 49.1 Å². The highest BCUT2D eigenvalue weighted by atomic mass is 32.1. The maximum Gasteiger partial charge on any atom is 0.321 e. The minimum absolute atomic E-state index is 0.0766. The van der Waals surface area contributed by atoms with Crippen molar-refractivity contribution in [2.75, 3.05) is 55.4 Å². The number of nitrogens with one attached hydrogen (secondary N) is 1. The van der Waals surface area contributed by atoms with Crippen LogP contribution in [-0.2, 0) is 10.2 Å². The van der Waals surface area contributed by atoms with E-state index in [2.05, 4.69) is 22.3 Å². The molecule has 1 saturated carbocycles. The first-order valence-corrected chi connectivity index (χ1v) is 13.7. The zero-order valence-electron chi connectivity index (χ0n) is 21.5. The van der Waals surface area contributed by atoms with Crippen molar-refractivity contribution < 1.29 is 9.59 Å². The molecule has 2 heterocycles. The third-order valence-corrected chi connectivity index (χ3v) is 8.30. The Kier molecular flexibility index (Phi) is 7.41. The lowest BCUT2D eigenvalue weighted by Gasteiger charge is -2.35. The van der Waals surface area contributed by atoms with Crippen molar-refractivity contribution in [1.82, 2.24) is 14.3 Å². The van der Waals surface area contributed by atoms with Gasteiger partial charge in [-0.3, -0.25) is 4.79 Å². The molecule has 1 aliphatic heterocycles. The highest BCUT2D eigenvalue weighted by Crippen LogP contribution is 2.43. The third-order valence-electron chi connectivity index (χ3n) is 7.52. The van der Waals surface area contributed by atoms with Crippen LogP contribution in [-0.4, -0.2) is 66.3 Å². The van der Waals surface area contributed by atoms with Crippen LogP contribution in [0.25, 0.3) is 0 Å². The van der Waals surface area contributed by atoms with Crippen molar-refractivity contribution >= 4 is 39.9 Å². The summed E-state index contributed by atoms with van der Waals surface area (Å²) in [5.41, 5.74) is 2.75. The number of nitrogens with zero attached hydrogens (tertiary/aromatic N) is 5. The van der Waals surface area contributed by atoms with Crippen molar-refractivity contribution in [3.05, 3.63) is 66.0 Å². The van der Waals surface area contributed by atoms with Crippen LogP contribution in [0.15, 0.2) is 54.6 Å². The number of hydrogen-bond donors (Lipinski definition) is 1. The Bertz CT molecular complexity index is 1220. The van der Waals surface area contributed by atoms with Gasteiger partial charge in [-0.25, -0.2) is 9.78 Å². The molecule has 0 atom stereocenters. The summed E-state index contributed by atoms with van der Waals surface area (Å²) in [6.45, 7) is 2.85. The van der Waals surface area contributed by atoms with Gasteiger partial charge < -0.3 is 20.0 Å². The molecule has 1 aromatic heterocycles. The number of benzene rings is 2. The minimum Gasteiger partial charge on any atom is -0.378 e. The molecule has 1 saturated heterocycles. The van der Waals surface area contributed by atoms with Crippen LogP contribution in [0.1, 0.15) is 43.5 Å². The van der Waals surface area contributed by atoms with Crippen LogP contribution in [0, 0.1) is 0 Å². The quantitative estimate of drug-likeness (QED) is 0.524. The largest absolute Gasteiger partial charge is 0.378 e. The van der Waals surface area contributed by atoms with Gasteiger partial charge >= 0.3 is 6.03 Å². The maximum atomic E-state index is 13.0. The van der Waals surface area contributed by atoms with E-state index >= 15 is 0 Å². The SMILES string of the molecule is CN(C)c1ccc(NC(=O)N2CCCN(c3nc(C4(c5ccccc5)CCC(=O)CC4)ns3)CC2)cc1. The molecule has 5 rings (SSSR count). The molecule has 2 aliphatic rings. The molecule has 0 unspecified atom stereocenters. The molecule has 2 fully saturated rings. The number of Topliss-reactive ketones (excluding diaryl/α,β-unsaturated/α-hetero) is 1. The number of carbonyl (C=O) groups excluding carboxylic acids is 2. The van der Waals surface area contributed by atoms with Gasteiger partial charge in [0.15, 0.2) is 5.82 Å². The molecule has 8 nitrogen and oxygen atoms in total. The van der Waals surface area contributed by atoms with Gasteiger partial charge in [0.25, 0.3) is 0 Å². The van der Waals surface area contributed by atoms with Gasteiger partial charge in [-0.2, -0.15) is 4.37 Å². The zero-order chi connectivity index (χ0) is 25.8. The average Bonchev–Trinajstić information content (AvgIpc) is 3.28. The average molecular weight is 519 g/mol. The molecule has 2 amide bonds. The van der Waals surface area contributed by atoms with E-state index in [1.165, 1.54) is 17.1 Å². The summed E-state index contributed by atoms with van der Waals surface area (Å²) in [5, 5.41) is 3.92. The number of ketones is 1. The number of aromatic nitrogens is 2. The van der Waals surface area contributed by atoms with Gasteiger partial charge in [0.05, 0.1) is 5.41 Å². The van der Waals surface area contributed by atoms with E-state index in [0.29, 0.717) is 38.3 Å². The molecule has 37 heavy (non-hydrogen) atoms. The van der Waals surface area contributed by atoms with E-state index in [1.54, 1.807) is 0 Å². The normalized spacial score (nSPS) is 17.8. The van der Waals surface area contributed by atoms with Crippen molar-refractivity contribution in [1.29, 1.82) is 0 Å². The number of hydrogen-bond acceptors (Lipinski definition) is 7. The topological polar surface area (TPSA) is 81.7 Å². The van der Waals surface area contributed by atoms with Crippen molar-refractivity contribution in [3.8, 4) is 0 Å². The summed E-state index contributed by atoms with van der Waals surface area (Å²) in [5.74, 6) is 1.15. The van der Waals surface area contributed by atoms with Gasteiger partial charge in [-0.15, -0.1) is 0 Å². The molecule has 1 N–H and O–H groups in total. The Labute approximate surface area is 222 Å². The van der Waals surface area contributed by atoms with E-state index in [9.17, 15) is 9.59 Å². The first-order valence-electron chi connectivity index (χ1n) is 12.9. The lowest BCUT2D eigenvalue weighted by atomic mass is 9.68. The first kappa shape index (κ1) is 25.2. The molecular formula is C28H34N6O2S. The molecule has 194 valence electrons. The second kappa shape index (κ2) is 10.9. The minimum atomic E-state index is -0.316. The van der Waals surface area contributed by atoms with Gasteiger partial charge in [0, 0.05) is 76.0 Å². The van der Waals surface area contributed by atoms with Crippen LogP contribution in [0.4, 0.5) is 21.3 Å². The molecule has 0 radical (unpaired) electrons. The molecular weight excluding hydrogens is 484 g/mol. The van der Waals surface area contributed by atoms with Gasteiger partial charge in [0.2, 0.25) is 5.13 Å². The lowest BCUT2D eigenvalue weighted by Crippen LogP contribution is -2.38. The Morgan fingerprint density at radius 2 is 1.70 bits per heavy atom. The Hall–Kier alpha value is -3.46. The van der Waals surface area contributed by atoms with Crippen LogP contribution in [0.5, 0.6) is 0 Å². The standard InChI is InChI=1S/C28H34N6O2S/c1-32(2)23-11-9-22(10-12-23)29-26(36)33-17-6-18-34(20-19-33)27-30-25(31-37-27)28(15-13-24(35)14-16-28)21-7-4-3-5-8-21/h3-5,7-12H,6,13-20H2,1-2H3,(H,29,36). The number of anilines is 3. The smallest absolute Gasteiger partial charge is 0.321 e. The molecule has 0 bridgehead atoms. The Morgan fingerprint density at radius 3 is 2.41 bits per heavy atom. The second-order valence-electron chi connectivity index (χ2n) is 10.1. The fraction of sp³-hybridized carbons (Fsp3) is 0.429. The molecule has 1 aliphatic carbocycles. The number of urea groups is 1. The molecule has 0 spiro atoms. The summed E-state index contributed by atoms with van der Waals surface area (Å²) in [6.07, 6.45) is 3.48. The summed E-state index contributed by atoms with van der Waals surface area (Å²) in [4.78, 5) is 36.2. The van der Waals surface area contributed by atoms with Crippen LogP contribution in [0.3, 0.4) is 0 Å². The molecule has 3 aromatic rings. The summed E-state index contributed by atoms with van der Waals surface area (Å²) >= 11 is 1.43. The first-order chi connectivity index (χ1) is 17.9. The third kappa shape index (κ3) is 5.46.